The first-order valence-electron chi connectivity index (χ1n) is 11.5. The summed E-state index contributed by atoms with van der Waals surface area (Å²) in [6.45, 7) is 6.80. The molecule has 33 heavy (non-hydrogen) atoms. The van der Waals surface area contributed by atoms with Gasteiger partial charge in [0, 0.05) is 43.6 Å². The molecule has 5 rings (SSSR count). The third-order valence-corrected chi connectivity index (χ3v) is 6.95. The average molecular weight is 448 g/mol. The van der Waals surface area contributed by atoms with Gasteiger partial charge < -0.3 is 19.8 Å². The maximum absolute atomic E-state index is 13.2. The third kappa shape index (κ3) is 4.23. The van der Waals surface area contributed by atoms with Crippen LogP contribution in [-0.2, 0) is 17.8 Å². The lowest BCUT2D eigenvalue weighted by Crippen LogP contribution is -2.59. The van der Waals surface area contributed by atoms with E-state index < -0.39 is 5.60 Å². The van der Waals surface area contributed by atoms with Crippen LogP contribution in [0, 0.1) is 0 Å². The normalized spacial score (nSPS) is 21.4. The van der Waals surface area contributed by atoms with Gasteiger partial charge in [0.25, 0.3) is 11.8 Å². The Balaban J connectivity index is 1.25. The molecule has 2 aliphatic heterocycles. The number of anilines is 1. The van der Waals surface area contributed by atoms with Crippen molar-refractivity contribution in [2.24, 2.45) is 4.99 Å². The van der Waals surface area contributed by atoms with Crippen LogP contribution in [-0.4, -0.2) is 82.8 Å². The fourth-order valence-corrected chi connectivity index (χ4v) is 4.79. The number of benzene rings is 1. The van der Waals surface area contributed by atoms with Crippen molar-refractivity contribution < 1.29 is 14.7 Å². The molecule has 1 aliphatic carbocycles. The molecule has 1 N–H and O–H groups in total. The van der Waals surface area contributed by atoms with Gasteiger partial charge in [-0.05, 0) is 61.9 Å². The van der Waals surface area contributed by atoms with Crippen LogP contribution in [0.4, 0.5) is 5.69 Å². The topological polar surface area (TPSA) is 89.3 Å². The Morgan fingerprint density at radius 2 is 1.94 bits per heavy atom. The van der Waals surface area contributed by atoms with Crippen LogP contribution in [0.1, 0.15) is 34.5 Å². The standard InChI is InChI=1S/C25H29N5O3/c1-26-15-21-16-29(13-14-30(21)24(32)25(33)9-10-25)23(31)19-4-6-20(7-5-19)28-12-8-18-3-2-11-27-22(18)17-28/h2-7,11,21,33H,1,8-10,12-17H2. The molecule has 172 valence electrons. The van der Waals surface area contributed by atoms with E-state index in [0.29, 0.717) is 44.6 Å². The molecule has 1 unspecified atom stereocenters. The number of aliphatic imine (C=N–C) groups is 1. The number of carbonyl (C=O) groups excluding carboxylic acids is 2. The second kappa shape index (κ2) is 8.59. The van der Waals surface area contributed by atoms with Crippen molar-refractivity contribution in [3.63, 3.8) is 0 Å². The van der Waals surface area contributed by atoms with E-state index in [1.807, 2.05) is 36.5 Å². The number of nitrogens with zero attached hydrogens (tertiary/aromatic N) is 5. The zero-order valence-electron chi connectivity index (χ0n) is 18.7. The summed E-state index contributed by atoms with van der Waals surface area (Å²) >= 11 is 0. The van der Waals surface area contributed by atoms with Gasteiger partial charge in [0.15, 0.2) is 0 Å². The van der Waals surface area contributed by atoms with Crippen LogP contribution in [0.3, 0.4) is 0 Å². The highest BCUT2D eigenvalue weighted by Gasteiger charge is 2.52. The van der Waals surface area contributed by atoms with Crippen LogP contribution < -0.4 is 4.90 Å². The minimum atomic E-state index is -1.22. The zero-order chi connectivity index (χ0) is 23.0. The minimum Gasteiger partial charge on any atom is -0.380 e. The molecular weight excluding hydrogens is 418 g/mol. The lowest BCUT2D eigenvalue weighted by Gasteiger charge is -2.41. The average Bonchev–Trinajstić information content (AvgIpc) is 3.61. The van der Waals surface area contributed by atoms with Gasteiger partial charge in [-0.1, -0.05) is 6.07 Å². The largest absolute Gasteiger partial charge is 0.380 e. The van der Waals surface area contributed by atoms with Crippen LogP contribution in [0.15, 0.2) is 47.6 Å². The van der Waals surface area contributed by atoms with Gasteiger partial charge in [-0.3, -0.25) is 19.6 Å². The molecular formula is C25H29N5O3. The highest BCUT2D eigenvalue weighted by molar-refractivity contribution is 5.95. The quantitative estimate of drug-likeness (QED) is 0.702. The molecule has 0 bridgehead atoms. The van der Waals surface area contributed by atoms with Crippen molar-refractivity contribution in [3.05, 3.63) is 59.4 Å². The number of rotatable bonds is 5. The number of aromatic nitrogens is 1. The van der Waals surface area contributed by atoms with Crippen LogP contribution in [0.2, 0.25) is 0 Å². The maximum Gasteiger partial charge on any atom is 0.254 e. The van der Waals surface area contributed by atoms with Gasteiger partial charge in [0.1, 0.15) is 5.60 Å². The number of carbonyl (C=O) groups is 2. The first-order chi connectivity index (χ1) is 16.0. The lowest BCUT2D eigenvalue weighted by molar-refractivity contribution is -0.146. The molecule has 1 atom stereocenters. The fourth-order valence-electron chi connectivity index (χ4n) is 4.79. The molecule has 1 saturated carbocycles. The molecule has 3 aliphatic rings. The molecule has 1 aromatic heterocycles. The van der Waals surface area contributed by atoms with E-state index in [2.05, 4.69) is 27.7 Å². The highest BCUT2D eigenvalue weighted by atomic mass is 16.3. The number of hydrogen-bond acceptors (Lipinski definition) is 6. The van der Waals surface area contributed by atoms with Crippen molar-refractivity contribution in [3.8, 4) is 0 Å². The molecule has 8 nitrogen and oxygen atoms in total. The van der Waals surface area contributed by atoms with Crippen molar-refractivity contribution in [1.82, 2.24) is 14.8 Å². The zero-order valence-corrected chi connectivity index (χ0v) is 18.7. The Bertz CT molecular complexity index is 1070. The number of amides is 2. The molecule has 1 saturated heterocycles. The van der Waals surface area contributed by atoms with Gasteiger partial charge in [-0.15, -0.1) is 0 Å². The molecule has 0 spiro atoms. The molecule has 0 radical (unpaired) electrons. The Hall–Kier alpha value is -3.26. The van der Waals surface area contributed by atoms with Gasteiger partial charge >= 0.3 is 0 Å². The van der Waals surface area contributed by atoms with Crippen molar-refractivity contribution >= 4 is 24.2 Å². The molecule has 8 heteroatoms. The van der Waals surface area contributed by atoms with Crippen molar-refractivity contribution in [1.29, 1.82) is 0 Å². The number of pyridine rings is 1. The summed E-state index contributed by atoms with van der Waals surface area (Å²) in [7, 11) is 0. The van der Waals surface area contributed by atoms with E-state index >= 15 is 0 Å². The summed E-state index contributed by atoms with van der Waals surface area (Å²) < 4.78 is 0. The van der Waals surface area contributed by atoms with Crippen LogP contribution in [0.25, 0.3) is 0 Å². The predicted molar refractivity (Wildman–Crippen MR) is 125 cm³/mol. The van der Waals surface area contributed by atoms with Gasteiger partial charge in [-0.25, -0.2) is 0 Å². The van der Waals surface area contributed by atoms with E-state index in [9.17, 15) is 14.7 Å². The number of fused-ring (bicyclic) bond motifs is 1. The first-order valence-corrected chi connectivity index (χ1v) is 11.5. The summed E-state index contributed by atoms with van der Waals surface area (Å²) in [5.41, 5.74) is 2.89. The number of hydrogen-bond donors (Lipinski definition) is 1. The minimum absolute atomic E-state index is 0.0569. The smallest absolute Gasteiger partial charge is 0.254 e. The van der Waals surface area contributed by atoms with Crippen LogP contribution in [0.5, 0.6) is 0 Å². The molecule has 2 aromatic rings. The van der Waals surface area contributed by atoms with Gasteiger partial charge in [0.05, 0.1) is 24.8 Å². The predicted octanol–water partition coefficient (Wildman–Crippen LogP) is 1.52. The van der Waals surface area contributed by atoms with Gasteiger partial charge in [0.2, 0.25) is 0 Å². The maximum atomic E-state index is 13.2. The Labute approximate surface area is 193 Å². The van der Waals surface area contributed by atoms with E-state index in [1.54, 1.807) is 9.80 Å². The number of aliphatic hydroxyl groups is 1. The summed E-state index contributed by atoms with van der Waals surface area (Å²) in [5, 5.41) is 10.3. The highest BCUT2D eigenvalue weighted by Crippen LogP contribution is 2.37. The Morgan fingerprint density at radius 1 is 1.15 bits per heavy atom. The lowest BCUT2D eigenvalue weighted by atomic mass is 10.0. The summed E-state index contributed by atoms with van der Waals surface area (Å²) in [6.07, 6.45) is 3.80. The van der Waals surface area contributed by atoms with E-state index in [0.717, 1.165) is 30.9 Å². The second-order valence-corrected chi connectivity index (χ2v) is 9.17. The van der Waals surface area contributed by atoms with Crippen molar-refractivity contribution in [2.45, 2.75) is 37.5 Å². The Kier molecular flexibility index (Phi) is 5.62. The molecule has 2 amide bonds. The molecule has 2 fully saturated rings. The summed E-state index contributed by atoms with van der Waals surface area (Å²) in [6, 6.07) is 11.6. The van der Waals surface area contributed by atoms with Crippen molar-refractivity contribution in [2.75, 3.05) is 37.6 Å². The van der Waals surface area contributed by atoms with Gasteiger partial charge in [-0.2, -0.15) is 0 Å². The third-order valence-electron chi connectivity index (χ3n) is 6.95. The first kappa shape index (κ1) is 21.6. The molecule has 1 aromatic carbocycles. The second-order valence-electron chi connectivity index (χ2n) is 9.17. The number of piperazine rings is 1. The molecule has 3 heterocycles. The monoisotopic (exact) mass is 447 g/mol. The van der Waals surface area contributed by atoms with E-state index in [1.165, 1.54) is 5.56 Å². The Morgan fingerprint density at radius 3 is 2.67 bits per heavy atom. The van der Waals surface area contributed by atoms with E-state index in [4.69, 9.17) is 0 Å². The van der Waals surface area contributed by atoms with E-state index in [-0.39, 0.29) is 17.9 Å². The summed E-state index contributed by atoms with van der Waals surface area (Å²) in [4.78, 5) is 40.1. The van der Waals surface area contributed by atoms with Crippen LogP contribution >= 0.6 is 0 Å². The fraction of sp³-hybridized carbons (Fsp3) is 0.440. The SMILES string of the molecule is C=NCC1CN(C(=O)c2ccc(N3CCc4cccnc4C3)cc2)CCN1C(=O)C1(O)CC1. The summed E-state index contributed by atoms with van der Waals surface area (Å²) in [5.74, 6) is -0.302.